The van der Waals surface area contributed by atoms with E-state index in [0.717, 1.165) is 12.8 Å². The Bertz CT molecular complexity index is 441. The van der Waals surface area contributed by atoms with E-state index in [1.165, 1.54) is 5.56 Å². The van der Waals surface area contributed by atoms with E-state index in [9.17, 15) is 4.79 Å². The summed E-state index contributed by atoms with van der Waals surface area (Å²) < 4.78 is 11.4. The van der Waals surface area contributed by atoms with Crippen molar-refractivity contribution < 1.29 is 14.3 Å². The Hall–Kier alpha value is -1.35. The molecule has 3 nitrogen and oxygen atoms in total. The Morgan fingerprint density at radius 3 is 2.70 bits per heavy atom. The number of ether oxygens (including phenoxy) is 2. The molecule has 1 saturated heterocycles. The van der Waals surface area contributed by atoms with Crippen LogP contribution in [-0.2, 0) is 19.9 Å². The van der Waals surface area contributed by atoms with E-state index < -0.39 is 0 Å². The van der Waals surface area contributed by atoms with Crippen LogP contribution in [0.25, 0.3) is 0 Å². The molecule has 1 aromatic carbocycles. The zero-order valence-corrected chi connectivity index (χ0v) is 12.6. The van der Waals surface area contributed by atoms with E-state index in [4.69, 9.17) is 9.47 Å². The molecule has 0 amide bonds. The minimum atomic E-state index is -0.212. The average molecular weight is 276 g/mol. The van der Waals surface area contributed by atoms with Gasteiger partial charge in [-0.2, -0.15) is 0 Å². The summed E-state index contributed by atoms with van der Waals surface area (Å²) in [7, 11) is 0. The molecule has 2 atom stereocenters. The van der Waals surface area contributed by atoms with E-state index in [2.05, 4.69) is 19.1 Å². The summed E-state index contributed by atoms with van der Waals surface area (Å²) in [4.78, 5) is 11.5. The first-order valence-corrected chi connectivity index (χ1v) is 7.43. The predicted molar refractivity (Wildman–Crippen MR) is 78.3 cm³/mol. The van der Waals surface area contributed by atoms with Gasteiger partial charge in [-0.3, -0.25) is 4.79 Å². The second-order valence-corrected chi connectivity index (χ2v) is 5.88. The molecule has 1 fully saturated rings. The lowest BCUT2D eigenvalue weighted by atomic mass is 9.85. The van der Waals surface area contributed by atoms with E-state index in [1.807, 2.05) is 32.0 Å². The van der Waals surface area contributed by atoms with Crippen molar-refractivity contribution in [2.75, 3.05) is 13.2 Å². The standard InChI is InChI=1S/C17H24O3/c1-4-17(15-8-6-5-7-9-15)10-14(12-20-17)11-19-16(18)13(2)3/h5-9,13-14H,4,10-12H2,1-3H3/t14-,17?/m1/s1. The lowest BCUT2D eigenvalue weighted by molar-refractivity contribution is -0.148. The third-order valence-corrected chi connectivity index (χ3v) is 4.02. The van der Waals surface area contributed by atoms with Crippen molar-refractivity contribution in [2.45, 2.75) is 39.2 Å². The van der Waals surface area contributed by atoms with Crippen LogP contribution in [0.4, 0.5) is 0 Å². The van der Waals surface area contributed by atoms with Crippen LogP contribution in [0, 0.1) is 11.8 Å². The molecule has 0 spiro atoms. The third-order valence-electron chi connectivity index (χ3n) is 4.02. The highest BCUT2D eigenvalue weighted by Gasteiger charge is 2.40. The molecule has 2 rings (SSSR count). The highest BCUT2D eigenvalue weighted by atomic mass is 16.5. The van der Waals surface area contributed by atoms with Crippen molar-refractivity contribution in [1.82, 2.24) is 0 Å². The Labute approximate surface area is 121 Å². The molecule has 3 heteroatoms. The van der Waals surface area contributed by atoms with Gasteiger partial charge in [0, 0.05) is 5.92 Å². The number of carbonyl (C=O) groups is 1. The highest BCUT2D eigenvalue weighted by molar-refractivity contribution is 5.71. The Balaban J connectivity index is 1.98. The molecule has 0 radical (unpaired) electrons. The van der Waals surface area contributed by atoms with Crippen LogP contribution in [0.15, 0.2) is 30.3 Å². The highest BCUT2D eigenvalue weighted by Crippen LogP contribution is 2.41. The summed E-state index contributed by atoms with van der Waals surface area (Å²) in [5.74, 6) is 0.0962. The molecule has 0 aromatic heterocycles. The molecule has 1 aliphatic rings. The van der Waals surface area contributed by atoms with E-state index in [0.29, 0.717) is 13.2 Å². The number of hydrogen-bond donors (Lipinski definition) is 0. The molecule has 1 aliphatic heterocycles. The first kappa shape index (κ1) is 15.0. The molecule has 110 valence electrons. The van der Waals surface area contributed by atoms with Gasteiger partial charge in [0.25, 0.3) is 0 Å². The number of rotatable bonds is 5. The van der Waals surface area contributed by atoms with E-state index in [1.54, 1.807) is 0 Å². The molecule has 1 aromatic rings. The molecular weight excluding hydrogens is 252 g/mol. The van der Waals surface area contributed by atoms with Gasteiger partial charge in [0.05, 0.1) is 24.7 Å². The maximum Gasteiger partial charge on any atom is 0.308 e. The van der Waals surface area contributed by atoms with Gasteiger partial charge in [0.1, 0.15) is 0 Å². The van der Waals surface area contributed by atoms with E-state index in [-0.39, 0.29) is 23.4 Å². The number of hydrogen-bond acceptors (Lipinski definition) is 3. The zero-order chi connectivity index (χ0) is 14.6. The number of carbonyl (C=O) groups excluding carboxylic acids is 1. The van der Waals surface area contributed by atoms with Gasteiger partial charge in [0.15, 0.2) is 0 Å². The molecule has 0 bridgehead atoms. The van der Waals surface area contributed by atoms with E-state index >= 15 is 0 Å². The fourth-order valence-corrected chi connectivity index (χ4v) is 2.73. The van der Waals surface area contributed by atoms with Crippen molar-refractivity contribution in [3.05, 3.63) is 35.9 Å². The molecule has 0 saturated carbocycles. The van der Waals surface area contributed by atoms with Crippen molar-refractivity contribution >= 4 is 5.97 Å². The van der Waals surface area contributed by atoms with Crippen molar-refractivity contribution in [1.29, 1.82) is 0 Å². The van der Waals surface area contributed by atoms with Gasteiger partial charge in [0.2, 0.25) is 0 Å². The first-order chi connectivity index (χ1) is 9.57. The summed E-state index contributed by atoms with van der Waals surface area (Å²) >= 11 is 0. The quantitative estimate of drug-likeness (QED) is 0.772. The van der Waals surface area contributed by atoms with Gasteiger partial charge < -0.3 is 9.47 Å². The maximum absolute atomic E-state index is 11.5. The van der Waals surface area contributed by atoms with Crippen LogP contribution >= 0.6 is 0 Å². The lowest BCUT2D eigenvalue weighted by Crippen LogP contribution is -2.24. The smallest absolute Gasteiger partial charge is 0.308 e. The molecule has 0 aliphatic carbocycles. The maximum atomic E-state index is 11.5. The zero-order valence-electron chi connectivity index (χ0n) is 12.6. The summed E-state index contributed by atoms with van der Waals surface area (Å²) in [6.07, 6.45) is 1.85. The SMILES string of the molecule is CCC1(c2ccccc2)C[C@H](COC(=O)C(C)C)CO1. The van der Waals surface area contributed by atoms with Crippen LogP contribution in [0.5, 0.6) is 0 Å². The third kappa shape index (κ3) is 3.21. The fraction of sp³-hybridized carbons (Fsp3) is 0.588. The number of esters is 1. The van der Waals surface area contributed by atoms with Crippen molar-refractivity contribution in [2.24, 2.45) is 11.8 Å². The second-order valence-electron chi connectivity index (χ2n) is 5.88. The van der Waals surface area contributed by atoms with Gasteiger partial charge >= 0.3 is 5.97 Å². The largest absolute Gasteiger partial charge is 0.465 e. The molecular formula is C17H24O3. The van der Waals surface area contributed by atoms with Gasteiger partial charge in [-0.25, -0.2) is 0 Å². The summed E-state index contributed by atoms with van der Waals surface area (Å²) in [5, 5.41) is 0. The summed E-state index contributed by atoms with van der Waals surface area (Å²) in [5.41, 5.74) is 1.01. The molecule has 20 heavy (non-hydrogen) atoms. The summed E-state index contributed by atoms with van der Waals surface area (Å²) in [6.45, 7) is 6.98. The monoisotopic (exact) mass is 276 g/mol. The Morgan fingerprint density at radius 2 is 2.10 bits per heavy atom. The minimum absolute atomic E-state index is 0.0672. The lowest BCUT2D eigenvalue weighted by Gasteiger charge is -2.27. The van der Waals surface area contributed by atoms with Gasteiger partial charge in [-0.15, -0.1) is 0 Å². The predicted octanol–water partition coefficient (Wildman–Crippen LogP) is 3.53. The minimum Gasteiger partial charge on any atom is -0.465 e. The normalized spacial score (nSPS) is 25.9. The Kier molecular flexibility index (Phi) is 4.81. The van der Waals surface area contributed by atoms with Gasteiger partial charge in [-0.05, 0) is 18.4 Å². The molecule has 0 N–H and O–H groups in total. The Morgan fingerprint density at radius 1 is 1.40 bits per heavy atom. The molecule has 1 heterocycles. The van der Waals surface area contributed by atoms with Crippen LogP contribution in [-0.4, -0.2) is 19.2 Å². The average Bonchev–Trinajstić information content (AvgIpc) is 2.90. The van der Waals surface area contributed by atoms with Crippen LogP contribution in [0.1, 0.15) is 39.2 Å². The first-order valence-electron chi connectivity index (χ1n) is 7.43. The fourth-order valence-electron chi connectivity index (χ4n) is 2.73. The van der Waals surface area contributed by atoms with Crippen LogP contribution < -0.4 is 0 Å². The topological polar surface area (TPSA) is 35.5 Å². The second kappa shape index (κ2) is 6.40. The van der Waals surface area contributed by atoms with Gasteiger partial charge in [-0.1, -0.05) is 51.1 Å². The van der Waals surface area contributed by atoms with Crippen molar-refractivity contribution in [3.63, 3.8) is 0 Å². The summed E-state index contributed by atoms with van der Waals surface area (Å²) in [6, 6.07) is 10.3. The van der Waals surface area contributed by atoms with Crippen LogP contribution in [0.2, 0.25) is 0 Å². The molecule has 1 unspecified atom stereocenters. The number of benzene rings is 1. The van der Waals surface area contributed by atoms with Crippen molar-refractivity contribution in [3.8, 4) is 0 Å². The van der Waals surface area contributed by atoms with Crippen LogP contribution in [0.3, 0.4) is 0 Å².